The first kappa shape index (κ1) is 38.0. The summed E-state index contributed by atoms with van der Waals surface area (Å²) in [7, 11) is 0. The minimum Gasteiger partial charge on any atom is -0.545 e. The van der Waals surface area contributed by atoms with Crippen molar-refractivity contribution in [3.63, 3.8) is 0 Å². The summed E-state index contributed by atoms with van der Waals surface area (Å²) in [6.45, 7) is 0.606. The number of alkyl halides is 2. The van der Waals surface area contributed by atoms with Crippen LogP contribution in [0.25, 0.3) is 0 Å². The summed E-state index contributed by atoms with van der Waals surface area (Å²) in [6, 6.07) is 14.3. The summed E-state index contributed by atoms with van der Waals surface area (Å²) < 4.78 is 59.3. The number of ether oxygens (including phenoxy) is 3. The third kappa shape index (κ3) is 8.58. The molecule has 1 aromatic heterocycles. The number of anilines is 1. The van der Waals surface area contributed by atoms with Crippen molar-refractivity contribution in [2.45, 2.75) is 51.4 Å². The Labute approximate surface area is 313 Å². The lowest BCUT2D eigenvalue weighted by atomic mass is 9.80. The first-order chi connectivity index (χ1) is 25.4. The number of hydrogen-bond donors (Lipinski definition) is 1. The molecule has 10 nitrogen and oxygen atoms in total. The molecule has 2 bridgehead atoms. The molecule has 0 unspecified atom stereocenters. The Bertz CT molecular complexity index is 1960. The summed E-state index contributed by atoms with van der Waals surface area (Å²) in [5.41, 5.74) is 0.734. The Morgan fingerprint density at radius 3 is 2.38 bits per heavy atom. The van der Waals surface area contributed by atoms with Gasteiger partial charge in [-0.15, -0.1) is 0 Å². The van der Waals surface area contributed by atoms with Gasteiger partial charge in [-0.05, 0) is 86.1 Å². The summed E-state index contributed by atoms with van der Waals surface area (Å²) in [4.78, 5) is 30.3. The van der Waals surface area contributed by atoms with Gasteiger partial charge in [0.25, 0.3) is 0 Å². The van der Waals surface area contributed by atoms with Crippen LogP contribution >= 0.6 is 23.2 Å². The molecule has 53 heavy (non-hydrogen) atoms. The molecule has 3 aliphatic heterocycles. The number of carboxylic acid groups (broad SMARTS) is 1. The van der Waals surface area contributed by atoms with E-state index in [4.69, 9.17) is 32.7 Å². The lowest BCUT2D eigenvalue weighted by Crippen LogP contribution is -2.53. The van der Waals surface area contributed by atoms with Crippen LogP contribution < -0.4 is 24.2 Å². The van der Waals surface area contributed by atoms with Crippen molar-refractivity contribution in [1.29, 1.82) is 0 Å². The van der Waals surface area contributed by atoms with E-state index in [1.165, 1.54) is 60.9 Å². The van der Waals surface area contributed by atoms with Crippen LogP contribution in [0.2, 0.25) is 10.0 Å². The normalized spacial score (nSPS) is 18.4. The van der Waals surface area contributed by atoms with E-state index >= 15 is 4.39 Å². The van der Waals surface area contributed by atoms with Gasteiger partial charge in [-0.1, -0.05) is 59.6 Å². The number of fused-ring (bicyclic) bond motifs is 3. The van der Waals surface area contributed by atoms with Crippen molar-refractivity contribution in [3.8, 4) is 11.5 Å². The SMILES string of the molecule is CCOc1cc([C@H](Cc2c(Cl)c[n+](O)cc2Cl)c2c(CN(C(=O)O[C@H]3CN4CCC3CC4)c3ccccc3F)cccc2C(=O)[O-])ccc1OC(F)F. The maximum atomic E-state index is 15.5. The van der Waals surface area contributed by atoms with Crippen LogP contribution in [-0.4, -0.2) is 61.1 Å². The molecule has 4 aromatic rings. The zero-order chi connectivity index (χ0) is 37.8. The number of aromatic carboxylic acids is 1. The number of carbonyl (C=O) groups excluding carboxylic acids is 2. The lowest BCUT2D eigenvalue weighted by molar-refractivity contribution is -0.904. The molecule has 3 saturated heterocycles. The molecule has 0 aliphatic carbocycles. The van der Waals surface area contributed by atoms with Crippen molar-refractivity contribution in [1.82, 2.24) is 4.90 Å². The van der Waals surface area contributed by atoms with Gasteiger partial charge >= 0.3 is 12.7 Å². The predicted octanol–water partition coefficient (Wildman–Crippen LogP) is 6.63. The van der Waals surface area contributed by atoms with Crippen molar-refractivity contribution < 1.29 is 52.0 Å². The molecule has 0 spiro atoms. The van der Waals surface area contributed by atoms with Crippen LogP contribution in [0.15, 0.2) is 73.1 Å². The van der Waals surface area contributed by atoms with Gasteiger partial charge in [-0.25, -0.2) is 9.18 Å². The number of halogens is 5. The van der Waals surface area contributed by atoms with E-state index in [1.807, 2.05) is 0 Å². The Morgan fingerprint density at radius 2 is 1.75 bits per heavy atom. The topological polar surface area (TPSA) is 115 Å². The molecule has 3 aliphatic rings. The molecule has 4 heterocycles. The maximum absolute atomic E-state index is 15.5. The molecule has 2 atom stereocenters. The Balaban J connectivity index is 1.50. The molecule has 7 rings (SSSR count). The highest BCUT2D eigenvalue weighted by Crippen LogP contribution is 2.41. The molecule has 280 valence electrons. The van der Waals surface area contributed by atoms with Crippen molar-refractivity contribution in [3.05, 3.63) is 117 Å². The van der Waals surface area contributed by atoms with Crippen molar-refractivity contribution in [2.75, 3.05) is 31.1 Å². The Morgan fingerprint density at radius 1 is 1.04 bits per heavy atom. The first-order valence-electron chi connectivity index (χ1n) is 17.0. The fourth-order valence-corrected chi connectivity index (χ4v) is 7.80. The van der Waals surface area contributed by atoms with E-state index in [9.17, 15) is 28.7 Å². The average Bonchev–Trinajstić information content (AvgIpc) is 3.12. The van der Waals surface area contributed by atoms with Gasteiger partial charge in [-0.3, -0.25) is 15.0 Å². The highest BCUT2D eigenvalue weighted by molar-refractivity contribution is 6.35. The van der Waals surface area contributed by atoms with Crippen molar-refractivity contribution in [2.24, 2.45) is 5.92 Å². The molecular formula is C38H36Cl2F3N3O7. The van der Waals surface area contributed by atoms with E-state index in [1.54, 1.807) is 19.1 Å². The van der Waals surface area contributed by atoms with Gasteiger partial charge in [0.15, 0.2) is 11.5 Å². The number of aromatic nitrogens is 1. The number of pyridine rings is 1. The lowest BCUT2D eigenvalue weighted by Gasteiger charge is -2.44. The second-order valence-corrected chi connectivity index (χ2v) is 13.7. The quantitative estimate of drug-likeness (QED) is 0.119. The van der Waals surface area contributed by atoms with Crippen LogP contribution in [0.3, 0.4) is 0 Å². The van der Waals surface area contributed by atoms with Gasteiger partial charge < -0.3 is 24.1 Å². The molecular weight excluding hydrogens is 738 g/mol. The number of amides is 1. The van der Waals surface area contributed by atoms with Crippen LogP contribution in [-0.2, 0) is 17.7 Å². The first-order valence-corrected chi connectivity index (χ1v) is 17.8. The number of carbonyl (C=O) groups is 2. The monoisotopic (exact) mass is 773 g/mol. The Hall–Kier alpha value is -4.72. The third-order valence-electron chi connectivity index (χ3n) is 9.67. The number of para-hydroxylation sites is 1. The van der Waals surface area contributed by atoms with Crippen molar-refractivity contribution >= 4 is 41.0 Å². The summed E-state index contributed by atoms with van der Waals surface area (Å²) >= 11 is 13.1. The largest absolute Gasteiger partial charge is 0.545 e. The van der Waals surface area contributed by atoms with E-state index in [0.29, 0.717) is 22.4 Å². The van der Waals surface area contributed by atoms with E-state index < -0.39 is 36.5 Å². The minimum absolute atomic E-state index is 0.0363. The van der Waals surface area contributed by atoms with Gasteiger partial charge in [0, 0.05) is 28.3 Å². The molecule has 3 fully saturated rings. The Kier molecular flexibility index (Phi) is 11.9. The second-order valence-electron chi connectivity index (χ2n) is 12.9. The molecule has 3 aromatic carbocycles. The second kappa shape index (κ2) is 16.5. The summed E-state index contributed by atoms with van der Waals surface area (Å²) in [5.74, 6) is -3.39. The van der Waals surface area contributed by atoms with Crippen LogP contribution in [0.4, 0.5) is 23.7 Å². The minimum atomic E-state index is -3.15. The van der Waals surface area contributed by atoms with E-state index in [0.717, 1.165) is 30.8 Å². The van der Waals surface area contributed by atoms with E-state index in [2.05, 4.69) is 9.64 Å². The summed E-state index contributed by atoms with van der Waals surface area (Å²) in [5, 5.41) is 23.0. The van der Waals surface area contributed by atoms with Gasteiger partial charge in [0.2, 0.25) is 12.4 Å². The highest BCUT2D eigenvalue weighted by atomic mass is 35.5. The fraction of sp³-hybridized carbons (Fsp3) is 0.342. The molecule has 1 N–H and O–H groups in total. The third-order valence-corrected chi connectivity index (χ3v) is 10.3. The molecule has 15 heteroatoms. The number of carboxylic acids is 1. The summed E-state index contributed by atoms with van der Waals surface area (Å²) in [6.07, 6.45) is 2.79. The van der Waals surface area contributed by atoms with Gasteiger partial charge in [0.05, 0.1) is 24.8 Å². The number of rotatable bonds is 13. The maximum Gasteiger partial charge on any atom is 0.415 e. The predicted molar refractivity (Wildman–Crippen MR) is 186 cm³/mol. The fourth-order valence-electron chi connectivity index (χ4n) is 7.20. The smallest absolute Gasteiger partial charge is 0.415 e. The van der Waals surface area contributed by atoms with Gasteiger partial charge in [-0.2, -0.15) is 8.78 Å². The van der Waals surface area contributed by atoms with Gasteiger partial charge in [0.1, 0.15) is 22.0 Å². The zero-order valence-corrected chi connectivity index (χ0v) is 30.0. The van der Waals surface area contributed by atoms with Crippen LogP contribution in [0, 0.1) is 11.7 Å². The average molecular weight is 775 g/mol. The number of piperidine rings is 3. The number of hydrogen-bond acceptors (Lipinski definition) is 8. The van der Waals surface area contributed by atoms with E-state index in [-0.39, 0.29) is 69.4 Å². The molecule has 0 radical (unpaired) electrons. The molecule has 0 saturated carbocycles. The standard InChI is InChI=1S/C38H36Cl2F3N3O7/c1-2-51-33-16-23(10-11-32(33)52-37(42)43)26(17-27-28(39)19-45(50)20-29(27)40)35-24(6-5-7-25(35)36(47)48)18-46(31-9-4-3-8-30(31)41)38(49)53-34-21-44-14-12-22(34)13-15-44/h3-11,16,19-20,22,26,34,37H,2,12-15,17-18,21H2,1H3,(H-,47,48,50)/t26-,34-/m0/s1. The van der Waals surface area contributed by atoms with Crippen LogP contribution in [0.1, 0.15) is 58.3 Å². The number of nitrogens with zero attached hydrogens (tertiary/aromatic N) is 3. The zero-order valence-electron chi connectivity index (χ0n) is 28.5. The highest BCUT2D eigenvalue weighted by Gasteiger charge is 2.38. The van der Waals surface area contributed by atoms with Crippen LogP contribution in [0.5, 0.6) is 11.5 Å². The molecule has 1 amide bonds. The number of benzene rings is 3.